The van der Waals surface area contributed by atoms with E-state index >= 15 is 0 Å². The summed E-state index contributed by atoms with van der Waals surface area (Å²) in [5, 5.41) is 3.43. The highest BCUT2D eigenvalue weighted by atomic mass is 15.1. The predicted molar refractivity (Wildman–Crippen MR) is 59.9 cm³/mol. The Morgan fingerprint density at radius 3 is 3.00 bits per heavy atom. The van der Waals surface area contributed by atoms with E-state index in [4.69, 9.17) is 0 Å². The van der Waals surface area contributed by atoms with E-state index in [2.05, 4.69) is 21.8 Å². The fraction of sp³-hybridized carbons (Fsp3) is 0.750. The van der Waals surface area contributed by atoms with E-state index in [0.29, 0.717) is 0 Å². The van der Waals surface area contributed by atoms with Crippen LogP contribution in [0.15, 0.2) is 6.20 Å². The summed E-state index contributed by atoms with van der Waals surface area (Å²) in [6, 6.07) is 0.775. The first kappa shape index (κ1) is 9.40. The molecule has 2 heterocycles. The number of aryl methyl sites for hydroxylation is 1. The van der Waals surface area contributed by atoms with Gasteiger partial charge in [-0.25, -0.2) is 4.98 Å². The van der Waals surface area contributed by atoms with Crippen molar-refractivity contribution in [2.75, 3.05) is 13.1 Å². The molecule has 1 aromatic heterocycles. The van der Waals surface area contributed by atoms with Gasteiger partial charge in [0.05, 0.1) is 0 Å². The molecule has 0 amide bonds. The molecule has 1 aliphatic carbocycles. The van der Waals surface area contributed by atoms with Crippen molar-refractivity contribution in [2.24, 2.45) is 5.92 Å². The van der Waals surface area contributed by atoms with Gasteiger partial charge in [-0.05, 0) is 45.2 Å². The molecule has 1 aromatic rings. The molecule has 0 bridgehead atoms. The molecule has 3 nitrogen and oxygen atoms in total. The molecule has 2 aliphatic rings. The maximum atomic E-state index is 4.58. The normalized spacial score (nSPS) is 26.1. The van der Waals surface area contributed by atoms with E-state index in [-0.39, 0.29) is 0 Å². The topological polar surface area (TPSA) is 29.9 Å². The van der Waals surface area contributed by atoms with Gasteiger partial charge in [-0.3, -0.25) is 0 Å². The summed E-state index contributed by atoms with van der Waals surface area (Å²) in [5.41, 5.74) is 1.35. The molecule has 1 saturated heterocycles. The van der Waals surface area contributed by atoms with E-state index in [9.17, 15) is 0 Å². The first-order valence-corrected chi connectivity index (χ1v) is 6.08. The molecular formula is C12H19N3. The Bertz CT molecular complexity index is 346. The largest absolute Gasteiger partial charge is 0.329 e. The summed E-state index contributed by atoms with van der Waals surface area (Å²) >= 11 is 0. The maximum Gasteiger partial charge on any atom is 0.109 e. The van der Waals surface area contributed by atoms with Crippen LogP contribution in [0.3, 0.4) is 0 Å². The third kappa shape index (κ3) is 1.81. The summed E-state index contributed by atoms with van der Waals surface area (Å²) in [4.78, 5) is 4.58. The lowest BCUT2D eigenvalue weighted by Crippen LogP contribution is -2.14. The van der Waals surface area contributed by atoms with Gasteiger partial charge in [0.15, 0.2) is 0 Å². The highest BCUT2D eigenvalue weighted by molar-refractivity contribution is 5.09. The SMILES string of the molecule is Cc1cnc(CC2CCNC2)n1C1CC1. The van der Waals surface area contributed by atoms with E-state index in [0.717, 1.165) is 18.4 Å². The summed E-state index contributed by atoms with van der Waals surface area (Å²) in [6.45, 7) is 4.55. The Morgan fingerprint density at radius 2 is 2.33 bits per heavy atom. The standard InChI is InChI=1S/C12H19N3/c1-9-7-14-12(15(9)11-2-3-11)6-10-4-5-13-8-10/h7,10-11,13H,2-6,8H2,1H3. The zero-order chi connectivity index (χ0) is 10.3. The minimum Gasteiger partial charge on any atom is -0.329 e. The van der Waals surface area contributed by atoms with Gasteiger partial charge < -0.3 is 9.88 Å². The summed E-state index contributed by atoms with van der Waals surface area (Å²) < 4.78 is 2.47. The number of rotatable bonds is 3. The van der Waals surface area contributed by atoms with Crippen LogP contribution in [-0.4, -0.2) is 22.6 Å². The molecule has 0 aromatic carbocycles. The summed E-state index contributed by atoms with van der Waals surface area (Å²) in [6.07, 6.45) is 7.23. The second-order valence-corrected chi connectivity index (χ2v) is 4.98. The van der Waals surface area contributed by atoms with Crippen molar-refractivity contribution >= 4 is 0 Å². The van der Waals surface area contributed by atoms with Crippen LogP contribution in [-0.2, 0) is 6.42 Å². The molecule has 82 valence electrons. The molecule has 15 heavy (non-hydrogen) atoms. The molecular weight excluding hydrogens is 186 g/mol. The molecule has 1 N–H and O–H groups in total. The van der Waals surface area contributed by atoms with Gasteiger partial charge in [-0.1, -0.05) is 0 Å². The van der Waals surface area contributed by atoms with Crippen LogP contribution in [0.5, 0.6) is 0 Å². The Balaban J connectivity index is 1.78. The molecule has 0 radical (unpaired) electrons. The van der Waals surface area contributed by atoms with Crippen molar-refractivity contribution in [2.45, 2.75) is 38.6 Å². The Kier molecular flexibility index (Phi) is 2.28. The van der Waals surface area contributed by atoms with Crippen molar-refractivity contribution in [3.05, 3.63) is 17.7 Å². The molecule has 3 heteroatoms. The molecule has 3 rings (SSSR count). The minimum atomic E-state index is 0.775. The average molecular weight is 205 g/mol. The molecule has 0 spiro atoms. The number of hydrogen-bond donors (Lipinski definition) is 1. The second-order valence-electron chi connectivity index (χ2n) is 4.98. The van der Waals surface area contributed by atoms with Crippen LogP contribution >= 0.6 is 0 Å². The lowest BCUT2D eigenvalue weighted by molar-refractivity contribution is 0.533. The van der Waals surface area contributed by atoms with Crippen LogP contribution < -0.4 is 5.32 Å². The van der Waals surface area contributed by atoms with Crippen molar-refractivity contribution in [3.8, 4) is 0 Å². The van der Waals surface area contributed by atoms with Crippen molar-refractivity contribution in [3.63, 3.8) is 0 Å². The maximum absolute atomic E-state index is 4.58. The van der Waals surface area contributed by atoms with E-state index in [1.165, 1.54) is 43.9 Å². The molecule has 1 aliphatic heterocycles. The monoisotopic (exact) mass is 205 g/mol. The van der Waals surface area contributed by atoms with E-state index < -0.39 is 0 Å². The zero-order valence-corrected chi connectivity index (χ0v) is 9.37. The molecule has 1 saturated carbocycles. The summed E-state index contributed by atoms with van der Waals surface area (Å²) in [5.74, 6) is 2.13. The highest BCUT2D eigenvalue weighted by Gasteiger charge is 2.28. The quantitative estimate of drug-likeness (QED) is 0.813. The van der Waals surface area contributed by atoms with Gasteiger partial charge >= 0.3 is 0 Å². The first-order valence-electron chi connectivity index (χ1n) is 6.08. The van der Waals surface area contributed by atoms with Gasteiger partial charge in [0.25, 0.3) is 0 Å². The molecule has 1 unspecified atom stereocenters. The molecule has 2 fully saturated rings. The number of nitrogens with zero attached hydrogens (tertiary/aromatic N) is 2. The van der Waals surface area contributed by atoms with E-state index in [1.54, 1.807) is 0 Å². The lowest BCUT2D eigenvalue weighted by atomic mass is 10.0. The van der Waals surface area contributed by atoms with Crippen molar-refractivity contribution in [1.82, 2.24) is 14.9 Å². The van der Waals surface area contributed by atoms with E-state index in [1.807, 2.05) is 6.20 Å². The van der Waals surface area contributed by atoms with Crippen molar-refractivity contribution < 1.29 is 0 Å². The van der Waals surface area contributed by atoms with Crippen LogP contribution in [0, 0.1) is 12.8 Å². The van der Waals surface area contributed by atoms with Crippen LogP contribution in [0.1, 0.15) is 36.8 Å². The number of imidazole rings is 1. The lowest BCUT2D eigenvalue weighted by Gasteiger charge is -2.11. The van der Waals surface area contributed by atoms with Crippen molar-refractivity contribution in [1.29, 1.82) is 0 Å². The fourth-order valence-corrected chi connectivity index (χ4v) is 2.63. The third-order valence-corrected chi connectivity index (χ3v) is 3.60. The predicted octanol–water partition coefficient (Wildman–Crippen LogP) is 1.68. The van der Waals surface area contributed by atoms with Gasteiger partial charge in [0, 0.05) is 24.4 Å². The highest BCUT2D eigenvalue weighted by Crippen LogP contribution is 2.37. The smallest absolute Gasteiger partial charge is 0.109 e. The number of aromatic nitrogens is 2. The number of nitrogens with one attached hydrogen (secondary N) is 1. The Hall–Kier alpha value is -0.830. The molecule has 1 atom stereocenters. The van der Waals surface area contributed by atoms with Crippen LogP contribution in [0.4, 0.5) is 0 Å². The second kappa shape index (κ2) is 3.63. The fourth-order valence-electron chi connectivity index (χ4n) is 2.63. The van der Waals surface area contributed by atoms with Crippen LogP contribution in [0.2, 0.25) is 0 Å². The summed E-state index contributed by atoms with van der Waals surface area (Å²) in [7, 11) is 0. The number of hydrogen-bond acceptors (Lipinski definition) is 2. The zero-order valence-electron chi connectivity index (χ0n) is 9.37. The van der Waals surface area contributed by atoms with Gasteiger partial charge in [-0.15, -0.1) is 0 Å². The minimum absolute atomic E-state index is 0.775. The average Bonchev–Trinajstić information content (AvgIpc) is 2.80. The van der Waals surface area contributed by atoms with Gasteiger partial charge in [-0.2, -0.15) is 0 Å². The van der Waals surface area contributed by atoms with Gasteiger partial charge in [0.1, 0.15) is 5.82 Å². The third-order valence-electron chi connectivity index (χ3n) is 3.60. The Labute approximate surface area is 90.9 Å². The first-order chi connectivity index (χ1) is 7.34. The van der Waals surface area contributed by atoms with Crippen LogP contribution in [0.25, 0.3) is 0 Å². The van der Waals surface area contributed by atoms with Gasteiger partial charge in [0.2, 0.25) is 0 Å². The Morgan fingerprint density at radius 1 is 1.47 bits per heavy atom.